The minimum atomic E-state index is 0.598. The molecule has 0 aliphatic carbocycles. The van der Waals surface area contributed by atoms with E-state index in [1.807, 2.05) is 18.3 Å². The van der Waals surface area contributed by atoms with E-state index in [0.717, 1.165) is 36.6 Å². The summed E-state index contributed by atoms with van der Waals surface area (Å²) in [5.74, 6) is 0. The molecule has 1 saturated heterocycles. The van der Waals surface area contributed by atoms with E-state index >= 15 is 0 Å². The van der Waals surface area contributed by atoms with Crippen LogP contribution in [0, 0.1) is 0 Å². The van der Waals surface area contributed by atoms with Crippen LogP contribution >= 0.6 is 11.6 Å². The second kappa shape index (κ2) is 5.35. The van der Waals surface area contributed by atoms with Gasteiger partial charge in [0.2, 0.25) is 0 Å². The summed E-state index contributed by atoms with van der Waals surface area (Å²) in [6, 6.07) is 8.67. The van der Waals surface area contributed by atoms with E-state index in [0.29, 0.717) is 6.04 Å². The highest BCUT2D eigenvalue weighted by atomic mass is 35.5. The van der Waals surface area contributed by atoms with Crippen molar-refractivity contribution in [2.45, 2.75) is 19.4 Å². The summed E-state index contributed by atoms with van der Waals surface area (Å²) in [6.07, 6.45) is 3.02. The van der Waals surface area contributed by atoms with Crippen molar-refractivity contribution in [3.63, 3.8) is 0 Å². The number of nitrogens with one attached hydrogen (secondary N) is 1. The van der Waals surface area contributed by atoms with Crippen molar-refractivity contribution < 1.29 is 0 Å². The average molecular weight is 276 g/mol. The number of pyridine rings is 1. The van der Waals surface area contributed by atoms with Crippen LogP contribution in [0.3, 0.4) is 0 Å². The lowest BCUT2D eigenvalue weighted by atomic mass is 10.1. The first kappa shape index (κ1) is 12.7. The van der Waals surface area contributed by atoms with Crippen LogP contribution in [0.2, 0.25) is 5.02 Å². The number of rotatable bonds is 4. The minimum absolute atomic E-state index is 0.598. The minimum Gasteiger partial charge on any atom is -0.365 e. The van der Waals surface area contributed by atoms with Gasteiger partial charge in [-0.15, -0.1) is 0 Å². The van der Waals surface area contributed by atoms with Crippen molar-refractivity contribution in [1.29, 1.82) is 0 Å². The first-order chi connectivity index (χ1) is 9.29. The summed E-state index contributed by atoms with van der Waals surface area (Å²) in [6.45, 7) is 5.43. The van der Waals surface area contributed by atoms with Crippen molar-refractivity contribution in [2.75, 3.05) is 24.5 Å². The van der Waals surface area contributed by atoms with E-state index in [9.17, 15) is 0 Å². The largest absolute Gasteiger partial charge is 0.365 e. The van der Waals surface area contributed by atoms with E-state index in [1.54, 1.807) is 0 Å². The highest BCUT2D eigenvalue weighted by Crippen LogP contribution is 2.29. The van der Waals surface area contributed by atoms with Crippen LogP contribution in [0.5, 0.6) is 0 Å². The Hall–Kier alpha value is -1.32. The van der Waals surface area contributed by atoms with Crippen molar-refractivity contribution in [1.82, 2.24) is 10.3 Å². The molecule has 0 spiro atoms. The number of aromatic nitrogens is 1. The number of halogens is 1. The summed E-state index contributed by atoms with van der Waals surface area (Å²) in [4.78, 5) is 6.92. The maximum absolute atomic E-state index is 6.05. The zero-order valence-electron chi connectivity index (χ0n) is 11.1. The molecule has 1 aliphatic heterocycles. The molecule has 0 atom stereocenters. The summed E-state index contributed by atoms with van der Waals surface area (Å²) >= 11 is 6.05. The van der Waals surface area contributed by atoms with Gasteiger partial charge in [0.25, 0.3) is 0 Å². The first-order valence-corrected chi connectivity index (χ1v) is 7.19. The van der Waals surface area contributed by atoms with E-state index in [4.69, 9.17) is 11.6 Å². The summed E-state index contributed by atoms with van der Waals surface area (Å²) in [5, 5.41) is 5.28. The van der Waals surface area contributed by atoms with Crippen molar-refractivity contribution in [3.8, 4) is 0 Å². The Morgan fingerprint density at radius 2 is 2.21 bits per heavy atom. The van der Waals surface area contributed by atoms with Crippen LogP contribution in [0.25, 0.3) is 10.9 Å². The molecule has 0 bridgehead atoms. The van der Waals surface area contributed by atoms with Crippen LogP contribution in [-0.4, -0.2) is 30.7 Å². The maximum Gasteiger partial charge on any atom is 0.0737 e. The lowest BCUT2D eigenvalue weighted by Crippen LogP contribution is -2.57. The number of hydrogen-bond donors (Lipinski definition) is 1. The molecule has 2 heterocycles. The van der Waals surface area contributed by atoms with Gasteiger partial charge in [0, 0.05) is 41.9 Å². The molecular weight excluding hydrogens is 258 g/mol. The third-order valence-electron chi connectivity index (χ3n) is 3.66. The van der Waals surface area contributed by atoms with Gasteiger partial charge >= 0.3 is 0 Å². The zero-order chi connectivity index (χ0) is 13.2. The highest BCUT2D eigenvalue weighted by molar-refractivity contribution is 6.31. The van der Waals surface area contributed by atoms with E-state index in [2.05, 4.69) is 34.3 Å². The standard InChI is InChI=1S/C15H18ClN3/c1-2-7-19(12-9-17-10-12)15-5-6-18-14-8-11(16)3-4-13(14)15/h3-6,8,12,17H,2,7,9-10H2,1H3. The molecule has 1 fully saturated rings. The Morgan fingerprint density at radius 1 is 1.37 bits per heavy atom. The molecule has 1 N–H and O–H groups in total. The van der Waals surface area contributed by atoms with E-state index < -0.39 is 0 Å². The molecule has 3 rings (SSSR count). The third kappa shape index (κ3) is 2.40. The van der Waals surface area contributed by atoms with Gasteiger partial charge < -0.3 is 10.2 Å². The predicted molar refractivity (Wildman–Crippen MR) is 81.0 cm³/mol. The van der Waals surface area contributed by atoms with Crippen LogP contribution in [0.1, 0.15) is 13.3 Å². The Balaban J connectivity index is 2.06. The topological polar surface area (TPSA) is 28.2 Å². The van der Waals surface area contributed by atoms with Gasteiger partial charge in [-0.25, -0.2) is 0 Å². The van der Waals surface area contributed by atoms with Gasteiger partial charge in [-0.2, -0.15) is 0 Å². The molecule has 1 aromatic heterocycles. The molecule has 2 aromatic rings. The van der Waals surface area contributed by atoms with Crippen LogP contribution in [-0.2, 0) is 0 Å². The Kier molecular flexibility index (Phi) is 3.58. The molecule has 19 heavy (non-hydrogen) atoms. The quantitative estimate of drug-likeness (QED) is 0.929. The first-order valence-electron chi connectivity index (χ1n) is 6.81. The molecule has 1 aromatic carbocycles. The fourth-order valence-electron chi connectivity index (χ4n) is 2.59. The molecule has 0 radical (unpaired) electrons. The second-order valence-corrected chi connectivity index (χ2v) is 5.43. The van der Waals surface area contributed by atoms with Gasteiger partial charge in [0.15, 0.2) is 0 Å². The third-order valence-corrected chi connectivity index (χ3v) is 3.89. The summed E-state index contributed by atoms with van der Waals surface area (Å²) in [5.41, 5.74) is 2.24. The average Bonchev–Trinajstić information content (AvgIpc) is 2.35. The molecule has 0 unspecified atom stereocenters. The highest BCUT2D eigenvalue weighted by Gasteiger charge is 2.25. The van der Waals surface area contributed by atoms with Gasteiger partial charge in [-0.05, 0) is 30.7 Å². The maximum atomic E-state index is 6.05. The van der Waals surface area contributed by atoms with Crippen molar-refractivity contribution >= 4 is 28.2 Å². The Bertz CT molecular complexity index is 581. The molecule has 4 heteroatoms. The molecule has 0 amide bonds. The number of hydrogen-bond acceptors (Lipinski definition) is 3. The van der Waals surface area contributed by atoms with E-state index in [-0.39, 0.29) is 0 Å². The number of nitrogens with zero attached hydrogens (tertiary/aromatic N) is 2. The Morgan fingerprint density at radius 3 is 2.89 bits per heavy atom. The Labute approximate surface area is 118 Å². The van der Waals surface area contributed by atoms with Crippen molar-refractivity contribution in [2.24, 2.45) is 0 Å². The summed E-state index contributed by atoms with van der Waals surface area (Å²) in [7, 11) is 0. The molecular formula is C15H18ClN3. The van der Waals surface area contributed by atoms with Gasteiger partial charge in [-0.3, -0.25) is 4.98 Å². The normalized spacial score (nSPS) is 15.5. The fraction of sp³-hybridized carbons (Fsp3) is 0.400. The van der Waals surface area contributed by atoms with Gasteiger partial charge in [0.05, 0.1) is 11.6 Å². The van der Waals surface area contributed by atoms with Crippen molar-refractivity contribution in [3.05, 3.63) is 35.5 Å². The number of benzene rings is 1. The van der Waals surface area contributed by atoms with Gasteiger partial charge in [-0.1, -0.05) is 18.5 Å². The van der Waals surface area contributed by atoms with Crippen LogP contribution < -0.4 is 10.2 Å². The smallest absolute Gasteiger partial charge is 0.0737 e. The lowest BCUT2D eigenvalue weighted by molar-refractivity contribution is 0.413. The van der Waals surface area contributed by atoms with E-state index in [1.165, 1.54) is 11.1 Å². The molecule has 3 nitrogen and oxygen atoms in total. The molecule has 1 aliphatic rings. The SMILES string of the molecule is CCCN(c1ccnc2cc(Cl)ccc12)C1CNC1. The molecule has 100 valence electrons. The number of anilines is 1. The van der Waals surface area contributed by atoms with Crippen LogP contribution in [0.15, 0.2) is 30.5 Å². The molecule has 0 saturated carbocycles. The second-order valence-electron chi connectivity index (χ2n) is 5.00. The lowest BCUT2D eigenvalue weighted by Gasteiger charge is -2.40. The van der Waals surface area contributed by atoms with Gasteiger partial charge in [0.1, 0.15) is 0 Å². The summed E-state index contributed by atoms with van der Waals surface area (Å²) < 4.78 is 0. The fourth-order valence-corrected chi connectivity index (χ4v) is 2.76. The monoisotopic (exact) mass is 275 g/mol. The zero-order valence-corrected chi connectivity index (χ0v) is 11.8. The van der Waals surface area contributed by atoms with Crippen LogP contribution in [0.4, 0.5) is 5.69 Å². The predicted octanol–water partition coefficient (Wildman–Crippen LogP) is 3.08. The number of fused-ring (bicyclic) bond motifs is 1.